The first-order chi connectivity index (χ1) is 15.0. The van der Waals surface area contributed by atoms with Crippen molar-refractivity contribution in [1.29, 1.82) is 0 Å². The molecule has 0 aliphatic carbocycles. The third-order valence-corrected chi connectivity index (χ3v) is 5.31. The van der Waals surface area contributed by atoms with Crippen molar-refractivity contribution in [3.05, 3.63) is 58.6 Å². The van der Waals surface area contributed by atoms with Gasteiger partial charge in [0.05, 0.1) is 7.11 Å². The van der Waals surface area contributed by atoms with Gasteiger partial charge in [-0.15, -0.1) is 0 Å². The van der Waals surface area contributed by atoms with Crippen molar-refractivity contribution >= 4 is 23.4 Å². The van der Waals surface area contributed by atoms with Crippen molar-refractivity contribution in [2.45, 2.75) is 59.2 Å². The highest BCUT2D eigenvalue weighted by Gasteiger charge is 2.30. The first-order valence-corrected chi connectivity index (χ1v) is 11.0. The van der Waals surface area contributed by atoms with Crippen LogP contribution in [-0.2, 0) is 16.1 Å². The Kier molecular flexibility index (Phi) is 8.96. The Balaban J connectivity index is 2.24. The minimum absolute atomic E-state index is 0.184. The van der Waals surface area contributed by atoms with Crippen LogP contribution in [0.1, 0.15) is 45.2 Å². The number of methoxy groups -OCH3 is 1. The number of amides is 2. The van der Waals surface area contributed by atoms with Crippen molar-refractivity contribution in [3.8, 4) is 11.5 Å². The second kappa shape index (κ2) is 11.2. The number of rotatable bonds is 9. The molecule has 0 bridgehead atoms. The number of hydrogen-bond donors (Lipinski definition) is 1. The summed E-state index contributed by atoms with van der Waals surface area (Å²) in [7, 11) is 1.60. The minimum atomic E-state index is -0.626. The number of halogens is 1. The number of nitrogens with one attached hydrogen (secondary N) is 1. The van der Waals surface area contributed by atoms with Gasteiger partial charge in [0.25, 0.3) is 5.91 Å². The van der Waals surface area contributed by atoms with Gasteiger partial charge in [-0.25, -0.2) is 0 Å². The Morgan fingerprint density at radius 1 is 1.09 bits per heavy atom. The highest BCUT2D eigenvalue weighted by molar-refractivity contribution is 6.31. The van der Waals surface area contributed by atoms with Gasteiger partial charge >= 0.3 is 0 Å². The first kappa shape index (κ1) is 25.5. The summed E-state index contributed by atoms with van der Waals surface area (Å²) in [5, 5.41) is 3.62. The van der Waals surface area contributed by atoms with E-state index in [-0.39, 0.29) is 25.0 Å². The molecule has 32 heavy (non-hydrogen) atoms. The van der Waals surface area contributed by atoms with Crippen LogP contribution in [0.5, 0.6) is 11.5 Å². The van der Waals surface area contributed by atoms with Crippen LogP contribution in [0, 0.1) is 6.92 Å². The predicted octanol–water partition coefficient (Wildman–Crippen LogP) is 4.76. The first-order valence-electron chi connectivity index (χ1n) is 10.7. The smallest absolute Gasteiger partial charge is 0.261 e. The van der Waals surface area contributed by atoms with Crippen LogP contribution in [-0.4, -0.2) is 42.0 Å². The van der Waals surface area contributed by atoms with Crippen molar-refractivity contribution in [2.24, 2.45) is 0 Å². The summed E-state index contributed by atoms with van der Waals surface area (Å²) < 4.78 is 10.9. The predicted molar refractivity (Wildman–Crippen MR) is 127 cm³/mol. The van der Waals surface area contributed by atoms with Crippen molar-refractivity contribution in [3.63, 3.8) is 0 Å². The van der Waals surface area contributed by atoms with Crippen LogP contribution in [0.3, 0.4) is 0 Å². The second-order valence-corrected chi connectivity index (χ2v) is 9.14. The average molecular weight is 461 g/mol. The molecular formula is C25H33ClN2O4. The van der Waals surface area contributed by atoms with Crippen LogP contribution in [0.25, 0.3) is 0 Å². The maximum Gasteiger partial charge on any atom is 0.261 e. The topological polar surface area (TPSA) is 67.9 Å². The third-order valence-electron chi connectivity index (χ3n) is 4.89. The summed E-state index contributed by atoms with van der Waals surface area (Å²) in [5.41, 5.74) is 1.35. The van der Waals surface area contributed by atoms with Crippen LogP contribution in [0.2, 0.25) is 5.02 Å². The number of carbonyl (C=O) groups excluding carboxylic acids is 2. The van der Waals surface area contributed by atoms with E-state index in [0.29, 0.717) is 17.2 Å². The van der Waals surface area contributed by atoms with Gasteiger partial charge < -0.3 is 19.7 Å². The van der Waals surface area contributed by atoms with Gasteiger partial charge in [-0.2, -0.15) is 0 Å². The summed E-state index contributed by atoms with van der Waals surface area (Å²) in [5.74, 6) is 0.816. The Hall–Kier alpha value is -2.73. The molecule has 0 heterocycles. The number of aryl methyl sites for hydroxylation is 1. The fourth-order valence-electron chi connectivity index (χ4n) is 3.24. The van der Waals surface area contributed by atoms with Crippen molar-refractivity contribution < 1.29 is 19.1 Å². The lowest BCUT2D eigenvalue weighted by molar-refractivity contribution is -0.143. The number of benzene rings is 2. The molecule has 1 atom stereocenters. The fraction of sp³-hybridized carbons (Fsp3) is 0.440. The van der Waals surface area contributed by atoms with E-state index in [2.05, 4.69) is 5.32 Å². The molecule has 0 aliphatic heterocycles. The van der Waals surface area contributed by atoms with E-state index in [9.17, 15) is 9.59 Å². The number of carbonyl (C=O) groups is 2. The monoisotopic (exact) mass is 460 g/mol. The van der Waals surface area contributed by atoms with Crippen molar-refractivity contribution in [2.75, 3.05) is 13.7 Å². The fourth-order valence-corrected chi connectivity index (χ4v) is 3.35. The van der Waals surface area contributed by atoms with Gasteiger partial charge in [0.1, 0.15) is 17.5 Å². The molecule has 6 nitrogen and oxygen atoms in total. The Morgan fingerprint density at radius 3 is 2.25 bits per heavy atom. The van der Waals surface area contributed by atoms with Crippen LogP contribution < -0.4 is 14.8 Å². The molecule has 2 amide bonds. The van der Waals surface area contributed by atoms with E-state index in [0.717, 1.165) is 16.9 Å². The molecule has 0 saturated heterocycles. The second-order valence-electron chi connectivity index (χ2n) is 8.73. The molecule has 0 fully saturated rings. The zero-order chi connectivity index (χ0) is 23.9. The SMILES string of the molecule is CC[C@@H](C(=O)NC(C)(C)C)N(Cc1ccc(OC)cc1)C(=O)COc1ccc(Cl)c(C)c1. The van der Waals surface area contributed by atoms with Gasteiger partial charge in [-0.05, 0) is 75.6 Å². The number of ether oxygens (including phenoxy) is 2. The van der Waals surface area contributed by atoms with E-state index in [1.807, 2.05) is 58.9 Å². The Morgan fingerprint density at radius 2 is 1.72 bits per heavy atom. The Labute approximate surface area is 195 Å². The quantitative estimate of drug-likeness (QED) is 0.586. The Bertz CT molecular complexity index is 923. The molecular weight excluding hydrogens is 428 g/mol. The molecule has 2 aromatic carbocycles. The number of nitrogens with zero attached hydrogens (tertiary/aromatic N) is 1. The lowest BCUT2D eigenvalue weighted by Gasteiger charge is -2.33. The van der Waals surface area contributed by atoms with Gasteiger partial charge in [0, 0.05) is 17.1 Å². The van der Waals surface area contributed by atoms with Gasteiger partial charge in [0.2, 0.25) is 5.91 Å². The van der Waals surface area contributed by atoms with Crippen LogP contribution in [0.4, 0.5) is 0 Å². The average Bonchev–Trinajstić information content (AvgIpc) is 2.73. The lowest BCUT2D eigenvalue weighted by atomic mass is 10.1. The normalized spacial score (nSPS) is 12.1. The third kappa shape index (κ3) is 7.45. The van der Waals surface area contributed by atoms with Gasteiger partial charge in [-0.3, -0.25) is 9.59 Å². The highest BCUT2D eigenvalue weighted by atomic mass is 35.5. The summed E-state index contributed by atoms with van der Waals surface area (Å²) in [6.07, 6.45) is 0.476. The molecule has 7 heteroatoms. The van der Waals surface area contributed by atoms with Gasteiger partial charge in [0.15, 0.2) is 6.61 Å². The summed E-state index contributed by atoms with van der Waals surface area (Å²) >= 11 is 6.07. The standard InChI is InChI=1S/C25H33ClN2O4/c1-7-22(24(30)27-25(3,4)5)28(15-18-8-10-19(31-6)11-9-18)23(29)16-32-20-12-13-21(26)17(2)14-20/h8-14,22H,7,15-16H2,1-6H3,(H,27,30)/t22-/m0/s1. The molecule has 0 unspecified atom stereocenters. The molecule has 2 aromatic rings. The van der Waals surface area contributed by atoms with E-state index in [4.69, 9.17) is 21.1 Å². The lowest BCUT2D eigenvalue weighted by Crippen LogP contribution is -2.54. The molecule has 0 radical (unpaired) electrons. The van der Waals surface area contributed by atoms with E-state index in [1.54, 1.807) is 30.2 Å². The van der Waals surface area contributed by atoms with Crippen LogP contribution >= 0.6 is 11.6 Å². The minimum Gasteiger partial charge on any atom is -0.497 e. The molecule has 0 spiro atoms. The summed E-state index contributed by atoms with van der Waals surface area (Å²) in [6, 6.07) is 12.1. The van der Waals surface area contributed by atoms with E-state index < -0.39 is 11.6 Å². The van der Waals surface area contributed by atoms with Crippen LogP contribution in [0.15, 0.2) is 42.5 Å². The molecule has 0 saturated carbocycles. The van der Waals surface area contributed by atoms with Crippen molar-refractivity contribution in [1.82, 2.24) is 10.2 Å². The van der Waals surface area contributed by atoms with Gasteiger partial charge in [-0.1, -0.05) is 30.7 Å². The van der Waals surface area contributed by atoms with E-state index in [1.165, 1.54) is 0 Å². The maximum atomic E-state index is 13.2. The molecule has 2 rings (SSSR count). The highest BCUT2D eigenvalue weighted by Crippen LogP contribution is 2.22. The summed E-state index contributed by atoms with van der Waals surface area (Å²) in [4.78, 5) is 27.8. The largest absolute Gasteiger partial charge is 0.497 e. The molecule has 0 aromatic heterocycles. The number of hydrogen-bond acceptors (Lipinski definition) is 4. The molecule has 0 aliphatic rings. The zero-order valence-electron chi connectivity index (χ0n) is 19.7. The molecule has 174 valence electrons. The molecule has 1 N–H and O–H groups in total. The van der Waals surface area contributed by atoms with E-state index >= 15 is 0 Å². The zero-order valence-corrected chi connectivity index (χ0v) is 20.5. The summed E-state index contributed by atoms with van der Waals surface area (Å²) in [6.45, 7) is 9.61. The maximum absolute atomic E-state index is 13.2.